The van der Waals surface area contributed by atoms with Crippen molar-refractivity contribution < 1.29 is 13.6 Å². The van der Waals surface area contributed by atoms with Crippen LogP contribution in [0.2, 0.25) is 0 Å². The van der Waals surface area contributed by atoms with Crippen molar-refractivity contribution in [1.82, 2.24) is 24.9 Å². The van der Waals surface area contributed by atoms with Gasteiger partial charge in [-0.3, -0.25) is 0 Å². The highest BCUT2D eigenvalue weighted by atomic mass is 31.0. The van der Waals surface area contributed by atoms with Crippen LogP contribution in [0.1, 0.15) is 12.1 Å². The molecule has 11 heteroatoms. The number of benzene rings is 1. The highest BCUT2D eigenvalue weighted by Crippen LogP contribution is 2.41. The van der Waals surface area contributed by atoms with Gasteiger partial charge in [0.1, 0.15) is 11.2 Å². The summed E-state index contributed by atoms with van der Waals surface area (Å²) in [4.78, 5) is 21.1. The highest BCUT2D eigenvalue weighted by molar-refractivity contribution is 7.18. The van der Waals surface area contributed by atoms with Gasteiger partial charge in [-0.1, -0.05) is 32.7 Å². The number of halogens is 2. The molecule has 1 aromatic carbocycles. The highest BCUT2D eigenvalue weighted by Gasteiger charge is 2.36. The fourth-order valence-electron chi connectivity index (χ4n) is 4.13. The van der Waals surface area contributed by atoms with Crippen molar-refractivity contribution in [3.63, 3.8) is 0 Å². The molecule has 32 heavy (non-hydrogen) atoms. The Kier molecular flexibility index (Phi) is 5.25. The average molecular weight is 457 g/mol. The van der Waals surface area contributed by atoms with Crippen LogP contribution in [0.4, 0.5) is 25.1 Å². The van der Waals surface area contributed by atoms with E-state index < -0.39 is 11.2 Å². The number of fused-ring (bicyclic) bond motifs is 1. The lowest BCUT2D eigenvalue weighted by Gasteiger charge is -2.29. The van der Waals surface area contributed by atoms with Crippen molar-refractivity contribution in [2.24, 2.45) is 0 Å². The predicted octanol–water partition coefficient (Wildman–Crippen LogP) is 3.28. The van der Waals surface area contributed by atoms with Crippen LogP contribution in [-0.4, -0.2) is 56.0 Å². The number of nitrogens with one attached hydrogen (secondary N) is 1. The number of pyridine rings is 1. The summed E-state index contributed by atoms with van der Waals surface area (Å²) in [5.41, 5.74) is 2.02. The molecule has 1 saturated heterocycles. The quantitative estimate of drug-likeness (QED) is 0.611. The predicted molar refractivity (Wildman–Crippen MR) is 119 cm³/mol. The molecule has 2 atom stereocenters. The maximum Gasteiger partial charge on any atom is 0.322 e. The molecule has 2 amide bonds. The Balaban J connectivity index is 1.51. The third kappa shape index (κ3) is 3.90. The van der Waals surface area contributed by atoms with Gasteiger partial charge < -0.3 is 15.1 Å². The number of aromatic nitrogens is 4. The molecule has 0 aliphatic carbocycles. The van der Waals surface area contributed by atoms with Crippen LogP contribution in [0.3, 0.4) is 0 Å². The summed E-state index contributed by atoms with van der Waals surface area (Å²) in [5, 5.41) is 9.38. The van der Waals surface area contributed by atoms with E-state index in [2.05, 4.69) is 29.9 Å². The number of nitrogens with zero attached hydrogens (tertiary/aromatic N) is 6. The largest absolute Gasteiger partial charge is 0.351 e. The van der Waals surface area contributed by atoms with Gasteiger partial charge in [-0.25, -0.2) is 23.2 Å². The van der Waals surface area contributed by atoms with Gasteiger partial charge >= 0.3 is 6.03 Å². The van der Waals surface area contributed by atoms with E-state index in [-0.39, 0.29) is 12.6 Å². The van der Waals surface area contributed by atoms with E-state index in [4.69, 9.17) is 0 Å². The molecule has 2 unspecified atom stereocenters. The third-order valence-electron chi connectivity index (χ3n) is 5.80. The van der Waals surface area contributed by atoms with Crippen LogP contribution in [0, 0.1) is 5.82 Å². The zero-order chi connectivity index (χ0) is 22.3. The topological polar surface area (TPSA) is 79.2 Å². The van der Waals surface area contributed by atoms with Crippen LogP contribution in [-0.2, 0) is 13.1 Å². The summed E-state index contributed by atoms with van der Waals surface area (Å²) in [7, 11) is 2.24. The van der Waals surface area contributed by atoms with Crippen LogP contribution >= 0.6 is 9.24 Å². The van der Waals surface area contributed by atoms with Gasteiger partial charge in [0.2, 0.25) is 0 Å². The number of carbonyl (C=O) groups excluding carboxylic acids is 1. The average Bonchev–Trinajstić information content (AvgIpc) is 3.39. The Morgan fingerprint density at radius 3 is 2.78 bits per heavy atom. The minimum absolute atomic E-state index is 0.114. The van der Waals surface area contributed by atoms with E-state index >= 15 is 0 Å². The van der Waals surface area contributed by atoms with E-state index in [9.17, 15) is 13.6 Å². The first-order valence-corrected chi connectivity index (χ1v) is 10.9. The maximum atomic E-state index is 14.7. The van der Waals surface area contributed by atoms with Crippen LogP contribution < -0.4 is 10.2 Å². The van der Waals surface area contributed by atoms with E-state index in [1.807, 2.05) is 0 Å². The van der Waals surface area contributed by atoms with Crippen LogP contribution in [0.5, 0.6) is 0 Å². The van der Waals surface area contributed by atoms with E-state index in [0.717, 1.165) is 5.69 Å². The molecule has 3 aromatic rings. The van der Waals surface area contributed by atoms with Crippen molar-refractivity contribution in [3.8, 4) is 11.1 Å². The number of rotatable bonds is 3. The van der Waals surface area contributed by atoms with E-state index in [1.165, 1.54) is 6.07 Å². The second-order valence-electron chi connectivity index (χ2n) is 8.04. The van der Waals surface area contributed by atoms with Gasteiger partial charge in [0.25, 0.3) is 0 Å². The second-order valence-corrected chi connectivity index (χ2v) is 9.08. The first kappa shape index (κ1) is 20.8. The molecule has 2 aliphatic rings. The number of hydrogen-bond acceptors (Lipinski definition) is 5. The number of hydrogen-bond donors (Lipinski definition) is 1. The zero-order valence-corrected chi connectivity index (χ0v) is 18.4. The third-order valence-corrected chi connectivity index (χ3v) is 6.27. The van der Waals surface area contributed by atoms with Gasteiger partial charge in [0.15, 0.2) is 5.82 Å². The summed E-state index contributed by atoms with van der Waals surface area (Å²) >= 11 is 0. The van der Waals surface area contributed by atoms with E-state index in [0.29, 0.717) is 55.2 Å². The summed E-state index contributed by atoms with van der Waals surface area (Å²) in [5.74, 6) is 0.00482. The zero-order valence-electron chi connectivity index (χ0n) is 17.2. The monoisotopic (exact) mass is 457 g/mol. The summed E-state index contributed by atoms with van der Waals surface area (Å²) in [6.07, 6.45) is 3.50. The minimum atomic E-state index is -1.44. The molecule has 2 aromatic heterocycles. The molecular formula is C21H22F2N7OP. The van der Waals surface area contributed by atoms with Crippen LogP contribution in [0.25, 0.3) is 11.1 Å². The molecule has 0 spiro atoms. The normalized spacial score (nSPS) is 20.3. The van der Waals surface area contributed by atoms with E-state index in [1.54, 1.807) is 51.1 Å². The Morgan fingerprint density at radius 1 is 1.16 bits per heavy atom. The molecule has 4 heterocycles. The Bertz CT molecular complexity index is 1170. The number of carbonyl (C=O) groups is 1. The molecular weight excluding hydrogens is 435 g/mol. The standard InChI is InChI=1S/C21H22F2N7OP/c22-17-4-2-1-3-15(17)16-5-7-24-19(29-8-6-21(23,32)13-29)18(16)26-20(31)28-9-10-30-14(12-28)11-25-27-30/h1-5,7,11H,6,8-10,12-13,32H2,(H,26,31). The summed E-state index contributed by atoms with van der Waals surface area (Å²) in [6.45, 7) is 1.89. The second kappa shape index (κ2) is 8.09. The molecule has 1 N–H and O–H groups in total. The molecule has 0 saturated carbocycles. The molecule has 166 valence electrons. The van der Waals surface area contributed by atoms with Gasteiger partial charge in [0.05, 0.1) is 37.2 Å². The lowest BCUT2D eigenvalue weighted by atomic mass is 10.0. The molecule has 0 radical (unpaired) electrons. The van der Waals surface area contributed by atoms with Crippen molar-refractivity contribution in [2.75, 3.05) is 29.9 Å². The van der Waals surface area contributed by atoms with Crippen molar-refractivity contribution >= 4 is 26.8 Å². The molecule has 8 nitrogen and oxygen atoms in total. The van der Waals surface area contributed by atoms with Gasteiger partial charge in [0, 0.05) is 36.8 Å². The Morgan fingerprint density at radius 2 is 2.00 bits per heavy atom. The lowest BCUT2D eigenvalue weighted by Crippen LogP contribution is -2.41. The summed E-state index contributed by atoms with van der Waals surface area (Å²) in [6, 6.07) is 7.66. The van der Waals surface area contributed by atoms with Crippen molar-refractivity contribution in [3.05, 3.63) is 54.2 Å². The number of urea groups is 1. The van der Waals surface area contributed by atoms with Crippen molar-refractivity contribution in [2.45, 2.75) is 24.9 Å². The Hall–Kier alpha value is -3.13. The molecule has 0 bridgehead atoms. The smallest absolute Gasteiger partial charge is 0.322 e. The number of alkyl halides is 1. The van der Waals surface area contributed by atoms with Gasteiger partial charge in [-0.15, -0.1) is 5.10 Å². The lowest BCUT2D eigenvalue weighted by molar-refractivity contribution is 0.194. The summed E-state index contributed by atoms with van der Waals surface area (Å²) < 4.78 is 31.0. The fourth-order valence-corrected chi connectivity index (χ4v) is 4.48. The Labute approximate surface area is 185 Å². The van der Waals surface area contributed by atoms with Crippen LogP contribution in [0.15, 0.2) is 42.7 Å². The number of anilines is 2. The molecule has 5 rings (SSSR count). The molecule has 2 aliphatic heterocycles. The molecule has 1 fully saturated rings. The first-order chi connectivity index (χ1) is 15.4. The minimum Gasteiger partial charge on any atom is -0.351 e. The fraction of sp³-hybridized carbons (Fsp3) is 0.333. The van der Waals surface area contributed by atoms with Crippen molar-refractivity contribution in [1.29, 1.82) is 0 Å². The van der Waals surface area contributed by atoms with Gasteiger partial charge in [-0.2, -0.15) is 0 Å². The SMILES string of the molecule is O=C(Nc1c(-c2ccccc2F)ccnc1N1CCC(F)(P)C1)N1CCn2nncc2C1. The van der Waals surface area contributed by atoms with Gasteiger partial charge in [-0.05, 0) is 12.1 Å². The number of amides is 2. The maximum absolute atomic E-state index is 14.7. The first-order valence-electron chi connectivity index (χ1n) is 10.3.